The summed E-state index contributed by atoms with van der Waals surface area (Å²) < 4.78 is 25.7. The number of nitrogens with zero attached hydrogens (tertiary/aromatic N) is 3. The van der Waals surface area contributed by atoms with E-state index in [1.165, 1.54) is 4.40 Å². The minimum atomic E-state index is -3.54. The maximum absolute atomic E-state index is 13.3. The molecule has 0 aliphatic rings. The van der Waals surface area contributed by atoms with Gasteiger partial charge in [0.1, 0.15) is 0 Å². The van der Waals surface area contributed by atoms with Crippen LogP contribution in [0.4, 0.5) is 0 Å². The molecule has 2 heterocycles. The van der Waals surface area contributed by atoms with Crippen LogP contribution in [0.5, 0.6) is 0 Å². The standard InChI is InChI=1S/C19H29N3O3S/c1-5-7-9-13-21(15(3)11-6-2)18(23)17-16-12-8-10-14-22(16)19(20-17)26(4,24)25/h8,10,12,14-15H,5-7,9,11,13H2,1-4H3. The third kappa shape index (κ3) is 4.44. The van der Waals surface area contributed by atoms with Gasteiger partial charge in [0, 0.05) is 25.0 Å². The average molecular weight is 380 g/mol. The molecular formula is C19H29N3O3S. The summed E-state index contributed by atoms with van der Waals surface area (Å²) in [5.74, 6) is -0.194. The number of carbonyl (C=O) groups is 1. The van der Waals surface area contributed by atoms with Crippen molar-refractivity contribution < 1.29 is 13.2 Å². The predicted molar refractivity (Wildman–Crippen MR) is 103 cm³/mol. The molecule has 0 aliphatic carbocycles. The monoisotopic (exact) mass is 379 g/mol. The lowest BCUT2D eigenvalue weighted by Crippen LogP contribution is -2.39. The van der Waals surface area contributed by atoms with E-state index in [1.807, 2.05) is 11.8 Å². The Hall–Kier alpha value is -1.89. The maximum atomic E-state index is 13.3. The summed E-state index contributed by atoms with van der Waals surface area (Å²) in [4.78, 5) is 19.3. The van der Waals surface area contributed by atoms with Crippen LogP contribution in [-0.4, -0.2) is 47.5 Å². The smallest absolute Gasteiger partial charge is 0.274 e. The highest BCUT2D eigenvalue weighted by Crippen LogP contribution is 2.21. The SMILES string of the molecule is CCCCCN(C(=O)c1nc(S(C)(=O)=O)n2ccccc12)C(C)CCC. The molecule has 7 heteroatoms. The van der Waals surface area contributed by atoms with Gasteiger partial charge in [-0.3, -0.25) is 9.20 Å². The van der Waals surface area contributed by atoms with Crippen molar-refractivity contribution in [1.29, 1.82) is 0 Å². The van der Waals surface area contributed by atoms with Crippen molar-refractivity contribution in [3.63, 3.8) is 0 Å². The Morgan fingerprint density at radius 2 is 1.96 bits per heavy atom. The van der Waals surface area contributed by atoms with Crippen molar-refractivity contribution in [3.05, 3.63) is 30.1 Å². The predicted octanol–water partition coefficient (Wildman–Crippen LogP) is 3.56. The first-order valence-electron chi connectivity index (χ1n) is 9.29. The number of hydrogen-bond acceptors (Lipinski definition) is 4. The lowest BCUT2D eigenvalue weighted by Gasteiger charge is -2.28. The topological polar surface area (TPSA) is 71.8 Å². The quantitative estimate of drug-likeness (QED) is 0.625. The van der Waals surface area contributed by atoms with Gasteiger partial charge in [0.25, 0.3) is 5.91 Å². The van der Waals surface area contributed by atoms with Gasteiger partial charge >= 0.3 is 0 Å². The van der Waals surface area contributed by atoms with Crippen LogP contribution >= 0.6 is 0 Å². The minimum Gasteiger partial charge on any atom is -0.335 e. The van der Waals surface area contributed by atoms with Crippen LogP contribution in [0.1, 0.15) is 63.4 Å². The lowest BCUT2D eigenvalue weighted by atomic mass is 10.1. The Balaban J connectivity index is 2.48. The van der Waals surface area contributed by atoms with Crippen LogP contribution in [-0.2, 0) is 9.84 Å². The third-order valence-corrected chi connectivity index (χ3v) is 5.50. The molecule has 1 amide bonds. The molecule has 2 aromatic heterocycles. The fourth-order valence-electron chi connectivity index (χ4n) is 3.19. The van der Waals surface area contributed by atoms with Crippen LogP contribution < -0.4 is 0 Å². The van der Waals surface area contributed by atoms with E-state index in [9.17, 15) is 13.2 Å². The summed E-state index contributed by atoms with van der Waals surface area (Å²) in [6.07, 6.45) is 7.70. The molecule has 0 bridgehead atoms. The first-order valence-corrected chi connectivity index (χ1v) is 11.2. The number of rotatable bonds is 9. The number of amides is 1. The fraction of sp³-hybridized carbons (Fsp3) is 0.579. The molecule has 6 nitrogen and oxygen atoms in total. The molecule has 0 N–H and O–H groups in total. The van der Waals surface area contributed by atoms with E-state index >= 15 is 0 Å². The van der Waals surface area contributed by atoms with Crippen LogP contribution in [0.2, 0.25) is 0 Å². The maximum Gasteiger partial charge on any atom is 0.274 e. The third-order valence-electron chi connectivity index (χ3n) is 4.55. The molecule has 0 aromatic carbocycles. The zero-order chi connectivity index (χ0) is 19.3. The Kier molecular flexibility index (Phi) is 6.81. The van der Waals surface area contributed by atoms with Crippen molar-refractivity contribution in [2.75, 3.05) is 12.8 Å². The van der Waals surface area contributed by atoms with Crippen molar-refractivity contribution in [3.8, 4) is 0 Å². The summed E-state index contributed by atoms with van der Waals surface area (Å²) in [7, 11) is -3.54. The van der Waals surface area contributed by atoms with Crippen molar-refractivity contribution in [1.82, 2.24) is 14.3 Å². The van der Waals surface area contributed by atoms with Crippen LogP contribution in [0.15, 0.2) is 29.6 Å². The molecule has 0 aliphatic heterocycles. The molecule has 2 rings (SSSR count). The second-order valence-electron chi connectivity index (χ2n) is 6.81. The van der Waals surface area contributed by atoms with Crippen molar-refractivity contribution in [2.45, 2.75) is 64.1 Å². The van der Waals surface area contributed by atoms with E-state index in [4.69, 9.17) is 0 Å². The number of imidazole rings is 1. The van der Waals surface area contributed by atoms with Gasteiger partial charge in [-0.2, -0.15) is 0 Å². The number of hydrogen-bond donors (Lipinski definition) is 0. The van der Waals surface area contributed by atoms with Crippen molar-refractivity contribution in [2.24, 2.45) is 0 Å². The Labute approximate surface area is 156 Å². The van der Waals surface area contributed by atoms with Gasteiger partial charge in [0.15, 0.2) is 5.69 Å². The van der Waals surface area contributed by atoms with Gasteiger partial charge in [0.05, 0.1) is 5.52 Å². The number of aromatic nitrogens is 2. The van der Waals surface area contributed by atoms with E-state index in [1.54, 1.807) is 24.4 Å². The van der Waals surface area contributed by atoms with Gasteiger partial charge in [-0.25, -0.2) is 13.4 Å². The van der Waals surface area contributed by atoms with E-state index in [0.717, 1.165) is 38.4 Å². The Bertz CT molecular complexity index is 858. The largest absolute Gasteiger partial charge is 0.335 e. The number of pyridine rings is 1. The molecule has 1 unspecified atom stereocenters. The molecule has 0 saturated heterocycles. The van der Waals surface area contributed by atoms with E-state index in [0.29, 0.717) is 12.1 Å². The van der Waals surface area contributed by atoms with Gasteiger partial charge in [-0.1, -0.05) is 39.2 Å². The summed E-state index contributed by atoms with van der Waals surface area (Å²) >= 11 is 0. The van der Waals surface area contributed by atoms with Gasteiger partial charge in [-0.15, -0.1) is 0 Å². The number of fused-ring (bicyclic) bond motifs is 1. The summed E-state index contributed by atoms with van der Waals surface area (Å²) in [6, 6.07) is 5.35. The highest BCUT2D eigenvalue weighted by atomic mass is 32.2. The van der Waals surface area contributed by atoms with Gasteiger partial charge in [-0.05, 0) is 31.9 Å². The van der Waals surface area contributed by atoms with E-state index < -0.39 is 9.84 Å². The first kappa shape index (κ1) is 20.4. The molecule has 0 fully saturated rings. The van der Waals surface area contributed by atoms with Gasteiger partial charge < -0.3 is 4.90 Å². The number of carbonyl (C=O) groups excluding carboxylic acids is 1. The normalized spacial score (nSPS) is 13.1. The zero-order valence-corrected chi connectivity index (χ0v) is 16.9. The second-order valence-corrected chi connectivity index (χ2v) is 8.72. The molecule has 2 aromatic rings. The molecular weight excluding hydrogens is 350 g/mol. The average Bonchev–Trinajstić information content (AvgIpc) is 2.98. The second kappa shape index (κ2) is 8.66. The minimum absolute atomic E-state index is 0.0894. The zero-order valence-electron chi connectivity index (χ0n) is 16.1. The molecule has 26 heavy (non-hydrogen) atoms. The molecule has 1 atom stereocenters. The Morgan fingerprint density at radius 3 is 2.58 bits per heavy atom. The van der Waals surface area contributed by atoms with E-state index in [2.05, 4.69) is 18.8 Å². The number of sulfone groups is 1. The summed E-state index contributed by atoms with van der Waals surface area (Å²) in [5.41, 5.74) is 0.743. The van der Waals surface area contributed by atoms with Crippen LogP contribution in [0.3, 0.4) is 0 Å². The number of unbranched alkanes of at least 4 members (excludes halogenated alkanes) is 2. The summed E-state index contributed by atoms with van der Waals surface area (Å²) in [6.45, 7) is 6.93. The van der Waals surface area contributed by atoms with Gasteiger partial charge in [0.2, 0.25) is 15.0 Å². The van der Waals surface area contributed by atoms with Crippen LogP contribution in [0.25, 0.3) is 5.52 Å². The lowest BCUT2D eigenvalue weighted by molar-refractivity contribution is 0.0676. The highest BCUT2D eigenvalue weighted by Gasteiger charge is 2.28. The summed E-state index contributed by atoms with van der Waals surface area (Å²) in [5, 5.41) is -0.0897. The molecule has 0 spiro atoms. The molecule has 0 saturated carbocycles. The highest BCUT2D eigenvalue weighted by molar-refractivity contribution is 7.90. The van der Waals surface area contributed by atoms with Crippen molar-refractivity contribution >= 4 is 21.3 Å². The first-order chi connectivity index (χ1) is 12.3. The fourth-order valence-corrected chi connectivity index (χ4v) is 3.97. The Morgan fingerprint density at radius 1 is 1.23 bits per heavy atom. The molecule has 0 radical (unpaired) electrons. The molecule has 144 valence electrons. The van der Waals surface area contributed by atoms with Crippen LogP contribution in [0, 0.1) is 0 Å². The van der Waals surface area contributed by atoms with E-state index in [-0.39, 0.29) is 22.8 Å².